The molecule has 0 aromatic carbocycles. The highest BCUT2D eigenvalue weighted by Gasteiger charge is 2.20. The molecular formula is C19H29N5OS. The molecule has 7 heteroatoms. The highest BCUT2D eigenvalue weighted by Crippen LogP contribution is 2.27. The van der Waals surface area contributed by atoms with Crippen LogP contribution in [0.25, 0.3) is 10.6 Å². The van der Waals surface area contributed by atoms with E-state index in [9.17, 15) is 4.79 Å². The van der Waals surface area contributed by atoms with Crippen molar-refractivity contribution in [3.8, 4) is 10.6 Å². The number of rotatable bonds is 8. The molecule has 2 aromatic heterocycles. The first-order valence-corrected chi connectivity index (χ1v) is 10.4. The predicted molar refractivity (Wildman–Crippen MR) is 107 cm³/mol. The summed E-state index contributed by atoms with van der Waals surface area (Å²) in [5, 5.41) is 6.95. The number of carbonyl (C=O) groups excluding carboxylic acids is 1. The van der Waals surface area contributed by atoms with Crippen LogP contribution in [0, 0.1) is 0 Å². The maximum atomic E-state index is 13.0. The van der Waals surface area contributed by atoms with Crippen LogP contribution in [0.1, 0.15) is 29.9 Å². The van der Waals surface area contributed by atoms with Gasteiger partial charge in [0.15, 0.2) is 0 Å². The third kappa shape index (κ3) is 4.72. The Bertz CT molecular complexity index is 676. The maximum absolute atomic E-state index is 13.0. The van der Waals surface area contributed by atoms with Crippen molar-refractivity contribution >= 4 is 17.2 Å². The SMILES string of the molecule is CCCN(CCN1CCN(CC)CC1)C(=O)c1ccc(-c2ccn[nH]2)s1. The Morgan fingerprint density at radius 1 is 1.15 bits per heavy atom. The van der Waals surface area contributed by atoms with E-state index in [0.29, 0.717) is 0 Å². The lowest BCUT2D eigenvalue weighted by molar-refractivity contribution is 0.0713. The lowest BCUT2D eigenvalue weighted by Crippen LogP contribution is -2.48. The average Bonchev–Trinajstić information content (AvgIpc) is 3.36. The van der Waals surface area contributed by atoms with Crippen LogP contribution in [0.15, 0.2) is 24.4 Å². The summed E-state index contributed by atoms with van der Waals surface area (Å²) >= 11 is 1.53. The molecule has 0 unspecified atom stereocenters. The first-order valence-electron chi connectivity index (χ1n) is 9.54. The molecule has 0 atom stereocenters. The molecule has 6 nitrogen and oxygen atoms in total. The standard InChI is InChI=1S/C19H29N5OS/c1-3-9-24(15-14-23-12-10-22(4-2)11-13-23)19(25)18-6-5-17(26-18)16-7-8-20-21-16/h5-8H,3-4,9-15H2,1-2H3,(H,20,21). The zero-order valence-electron chi connectivity index (χ0n) is 15.8. The van der Waals surface area contributed by atoms with Gasteiger partial charge in [-0.2, -0.15) is 5.10 Å². The van der Waals surface area contributed by atoms with Gasteiger partial charge in [-0.25, -0.2) is 0 Å². The number of hydrogen-bond acceptors (Lipinski definition) is 5. The molecule has 2 aromatic rings. The Morgan fingerprint density at radius 3 is 2.58 bits per heavy atom. The van der Waals surface area contributed by atoms with E-state index in [1.807, 2.05) is 23.1 Å². The number of amides is 1. The van der Waals surface area contributed by atoms with Crippen molar-refractivity contribution < 1.29 is 4.79 Å². The second kappa shape index (κ2) is 9.30. The van der Waals surface area contributed by atoms with Crippen molar-refractivity contribution in [3.63, 3.8) is 0 Å². The fraction of sp³-hybridized carbons (Fsp3) is 0.579. The highest BCUT2D eigenvalue weighted by atomic mass is 32.1. The molecule has 1 saturated heterocycles. The lowest BCUT2D eigenvalue weighted by Gasteiger charge is -2.35. The lowest BCUT2D eigenvalue weighted by atomic mass is 10.3. The Hall–Kier alpha value is -1.70. The molecule has 3 rings (SSSR count). The molecule has 1 aliphatic heterocycles. The summed E-state index contributed by atoms with van der Waals surface area (Å²) in [6.07, 6.45) is 2.71. The monoisotopic (exact) mass is 375 g/mol. The Morgan fingerprint density at radius 2 is 1.92 bits per heavy atom. The van der Waals surface area contributed by atoms with Crippen LogP contribution in [0.4, 0.5) is 0 Å². The number of aromatic nitrogens is 2. The van der Waals surface area contributed by atoms with E-state index in [1.165, 1.54) is 11.3 Å². The van der Waals surface area contributed by atoms with Crippen molar-refractivity contribution in [1.29, 1.82) is 0 Å². The van der Waals surface area contributed by atoms with Crippen molar-refractivity contribution in [2.45, 2.75) is 20.3 Å². The van der Waals surface area contributed by atoms with Crippen molar-refractivity contribution in [2.75, 3.05) is 52.4 Å². The van der Waals surface area contributed by atoms with Crippen LogP contribution in [-0.4, -0.2) is 83.2 Å². The second-order valence-electron chi connectivity index (χ2n) is 6.70. The number of H-pyrrole nitrogens is 1. The number of aromatic amines is 1. The molecule has 3 heterocycles. The van der Waals surface area contributed by atoms with Crippen molar-refractivity contribution in [3.05, 3.63) is 29.3 Å². The van der Waals surface area contributed by atoms with Crippen LogP contribution in [0.5, 0.6) is 0 Å². The fourth-order valence-corrected chi connectivity index (χ4v) is 4.27. The molecule has 0 aliphatic carbocycles. The smallest absolute Gasteiger partial charge is 0.263 e. The van der Waals surface area contributed by atoms with E-state index in [1.54, 1.807) is 6.20 Å². The fourth-order valence-electron chi connectivity index (χ4n) is 3.32. The van der Waals surface area contributed by atoms with E-state index < -0.39 is 0 Å². The Balaban J connectivity index is 1.57. The minimum absolute atomic E-state index is 0.148. The van der Waals surface area contributed by atoms with Gasteiger partial charge in [0, 0.05) is 52.0 Å². The number of hydrogen-bond donors (Lipinski definition) is 1. The molecule has 0 bridgehead atoms. The van der Waals surface area contributed by atoms with Gasteiger partial charge in [-0.3, -0.25) is 14.8 Å². The summed E-state index contributed by atoms with van der Waals surface area (Å²) in [5.74, 6) is 0.148. The summed E-state index contributed by atoms with van der Waals surface area (Å²) in [4.78, 5) is 21.8. The molecule has 0 spiro atoms. The van der Waals surface area contributed by atoms with E-state index in [4.69, 9.17) is 0 Å². The van der Waals surface area contributed by atoms with E-state index in [-0.39, 0.29) is 5.91 Å². The second-order valence-corrected chi connectivity index (χ2v) is 7.79. The first kappa shape index (κ1) is 19.1. The Labute approximate surface area is 159 Å². The first-order chi connectivity index (χ1) is 12.7. The number of thiophene rings is 1. The summed E-state index contributed by atoms with van der Waals surface area (Å²) in [6.45, 7) is 12.5. The normalized spacial score (nSPS) is 16.1. The zero-order chi connectivity index (χ0) is 18.4. The van der Waals surface area contributed by atoms with Gasteiger partial charge in [0.25, 0.3) is 5.91 Å². The number of nitrogens with zero attached hydrogens (tertiary/aromatic N) is 4. The molecule has 0 radical (unpaired) electrons. The van der Waals surface area contributed by atoms with Crippen molar-refractivity contribution in [1.82, 2.24) is 24.9 Å². The summed E-state index contributed by atoms with van der Waals surface area (Å²) in [5.41, 5.74) is 0.963. The molecule has 142 valence electrons. The molecule has 1 fully saturated rings. The van der Waals surface area contributed by atoms with Gasteiger partial charge in [0.2, 0.25) is 0 Å². The van der Waals surface area contributed by atoms with Crippen molar-refractivity contribution in [2.24, 2.45) is 0 Å². The highest BCUT2D eigenvalue weighted by molar-refractivity contribution is 7.17. The molecule has 1 N–H and O–H groups in total. The van der Waals surface area contributed by atoms with Crippen LogP contribution in [-0.2, 0) is 0 Å². The third-order valence-electron chi connectivity index (χ3n) is 4.96. The Kier molecular flexibility index (Phi) is 6.82. The van der Waals surface area contributed by atoms with Crippen LogP contribution < -0.4 is 0 Å². The van der Waals surface area contributed by atoms with Gasteiger partial charge in [-0.15, -0.1) is 11.3 Å². The van der Waals surface area contributed by atoms with Gasteiger partial charge in [0.1, 0.15) is 0 Å². The molecular weight excluding hydrogens is 346 g/mol. The van der Waals surface area contributed by atoms with Crippen LogP contribution >= 0.6 is 11.3 Å². The predicted octanol–water partition coefficient (Wildman–Crippen LogP) is 2.63. The van der Waals surface area contributed by atoms with E-state index in [0.717, 1.165) is 74.2 Å². The minimum atomic E-state index is 0.148. The largest absolute Gasteiger partial charge is 0.337 e. The quantitative estimate of drug-likeness (QED) is 0.771. The molecule has 0 saturated carbocycles. The average molecular weight is 376 g/mol. The van der Waals surface area contributed by atoms with Gasteiger partial charge in [0.05, 0.1) is 15.4 Å². The number of carbonyl (C=O) groups is 1. The molecule has 26 heavy (non-hydrogen) atoms. The maximum Gasteiger partial charge on any atom is 0.263 e. The number of likely N-dealkylation sites (N-methyl/N-ethyl adjacent to an activating group) is 1. The number of nitrogens with one attached hydrogen (secondary N) is 1. The van der Waals surface area contributed by atoms with Crippen LogP contribution in [0.3, 0.4) is 0 Å². The summed E-state index contributed by atoms with van der Waals surface area (Å²) < 4.78 is 0. The summed E-state index contributed by atoms with van der Waals surface area (Å²) in [7, 11) is 0. The van der Waals surface area contributed by atoms with Crippen LogP contribution in [0.2, 0.25) is 0 Å². The molecule has 1 aliphatic rings. The topological polar surface area (TPSA) is 55.5 Å². The van der Waals surface area contributed by atoms with Gasteiger partial charge < -0.3 is 9.80 Å². The van der Waals surface area contributed by atoms with Gasteiger partial charge >= 0.3 is 0 Å². The van der Waals surface area contributed by atoms with E-state index in [2.05, 4.69) is 33.8 Å². The van der Waals surface area contributed by atoms with Gasteiger partial charge in [-0.1, -0.05) is 13.8 Å². The zero-order valence-corrected chi connectivity index (χ0v) is 16.6. The summed E-state index contributed by atoms with van der Waals surface area (Å²) in [6, 6.07) is 5.87. The molecule has 1 amide bonds. The number of piperazine rings is 1. The van der Waals surface area contributed by atoms with Gasteiger partial charge in [-0.05, 0) is 31.2 Å². The van der Waals surface area contributed by atoms with E-state index >= 15 is 0 Å². The third-order valence-corrected chi connectivity index (χ3v) is 6.07. The minimum Gasteiger partial charge on any atom is -0.337 e.